The van der Waals surface area contributed by atoms with Crippen molar-refractivity contribution in [3.63, 3.8) is 0 Å². The summed E-state index contributed by atoms with van der Waals surface area (Å²) in [5.41, 5.74) is 12.8. The first-order valence-electron chi connectivity index (χ1n) is 20.1. The van der Waals surface area contributed by atoms with Gasteiger partial charge in [0.2, 0.25) is 0 Å². The summed E-state index contributed by atoms with van der Waals surface area (Å²) < 4.78 is 0. The molecule has 0 saturated heterocycles. The highest BCUT2D eigenvalue weighted by atomic mass is 15.2. The maximum Gasteiger partial charge on any atom is 0.0621 e. The predicted octanol–water partition coefficient (Wildman–Crippen LogP) is 15.4. The van der Waals surface area contributed by atoms with E-state index in [9.17, 15) is 0 Å². The second kappa shape index (κ2) is 13.7. The molecule has 11 rings (SSSR count). The highest BCUT2D eigenvalue weighted by molar-refractivity contribution is 6.11. The van der Waals surface area contributed by atoms with Crippen LogP contribution in [-0.4, -0.2) is 0 Å². The molecule has 0 aromatic heterocycles. The van der Waals surface area contributed by atoms with E-state index in [4.69, 9.17) is 0 Å². The topological polar surface area (TPSA) is 6.48 Å². The van der Waals surface area contributed by atoms with Crippen molar-refractivity contribution in [2.45, 2.75) is 12.3 Å². The minimum atomic E-state index is -0.394. The Labute approximate surface area is 339 Å². The van der Waals surface area contributed by atoms with Crippen LogP contribution in [0.2, 0.25) is 0 Å². The minimum Gasteiger partial charge on any atom is -0.310 e. The summed E-state index contributed by atoms with van der Waals surface area (Å²) >= 11 is 0. The summed E-state index contributed by atoms with van der Waals surface area (Å²) in [6.45, 7) is 2.42. The third kappa shape index (κ3) is 5.41. The van der Waals surface area contributed by atoms with E-state index in [2.05, 4.69) is 241 Å². The Bertz CT molecular complexity index is 3140. The van der Waals surface area contributed by atoms with Crippen LogP contribution in [0.25, 0.3) is 43.4 Å². The number of benzene rings is 10. The van der Waals surface area contributed by atoms with Crippen molar-refractivity contribution in [2.75, 3.05) is 9.80 Å². The standard InChI is InChI=1S/C56H40N2/c1-56(44-21-5-2-6-22-44)52-28-16-15-27-51(52)54-53(56)38-43-37-48(57(45-23-7-3-8-24-45)47-31-29-39-17-11-13-19-41(39)35-47)33-34-50(43)55(54)58(46-25-9-4-10-26-46)49-32-30-40-18-12-14-20-42(40)36-49/h2-38H,1H3. The van der Waals surface area contributed by atoms with Gasteiger partial charge in [0.05, 0.1) is 5.69 Å². The van der Waals surface area contributed by atoms with Crippen molar-refractivity contribution in [1.82, 2.24) is 0 Å². The van der Waals surface area contributed by atoms with E-state index in [1.54, 1.807) is 0 Å². The molecule has 1 unspecified atom stereocenters. The molecular formula is C56H40N2. The van der Waals surface area contributed by atoms with Gasteiger partial charge in [-0.2, -0.15) is 0 Å². The maximum absolute atomic E-state index is 2.50. The van der Waals surface area contributed by atoms with Crippen LogP contribution in [0, 0.1) is 0 Å². The van der Waals surface area contributed by atoms with Gasteiger partial charge in [0.15, 0.2) is 0 Å². The van der Waals surface area contributed by atoms with E-state index < -0.39 is 5.41 Å². The SMILES string of the molecule is CC1(c2ccccc2)c2ccccc2-c2c1cc1cc(N(c3ccccc3)c3ccc4ccccc4c3)ccc1c2N(c1ccccc1)c1ccc2ccccc2c1. The Balaban J connectivity index is 1.24. The first-order valence-corrected chi connectivity index (χ1v) is 20.1. The molecule has 10 aromatic carbocycles. The molecule has 0 amide bonds. The monoisotopic (exact) mass is 740 g/mol. The molecule has 0 bridgehead atoms. The molecule has 0 radical (unpaired) electrons. The molecule has 274 valence electrons. The van der Waals surface area contributed by atoms with Crippen LogP contribution < -0.4 is 9.80 Å². The van der Waals surface area contributed by atoms with Crippen molar-refractivity contribution in [1.29, 1.82) is 0 Å². The number of rotatable bonds is 7. The largest absolute Gasteiger partial charge is 0.310 e. The van der Waals surface area contributed by atoms with E-state index in [1.807, 2.05) is 0 Å². The third-order valence-electron chi connectivity index (χ3n) is 12.2. The van der Waals surface area contributed by atoms with Gasteiger partial charge in [0.25, 0.3) is 0 Å². The minimum absolute atomic E-state index is 0.394. The maximum atomic E-state index is 2.50. The highest BCUT2D eigenvalue weighted by Crippen LogP contribution is 2.59. The van der Waals surface area contributed by atoms with E-state index in [1.165, 1.54) is 65.8 Å². The lowest BCUT2D eigenvalue weighted by Crippen LogP contribution is -2.22. The van der Waals surface area contributed by atoms with Gasteiger partial charge in [-0.1, -0.05) is 158 Å². The zero-order valence-corrected chi connectivity index (χ0v) is 32.3. The molecule has 0 heterocycles. The fourth-order valence-electron chi connectivity index (χ4n) is 9.42. The van der Waals surface area contributed by atoms with E-state index in [-0.39, 0.29) is 0 Å². The molecule has 2 nitrogen and oxygen atoms in total. The number of hydrogen-bond acceptors (Lipinski definition) is 2. The van der Waals surface area contributed by atoms with Gasteiger partial charge in [0, 0.05) is 44.8 Å². The lowest BCUT2D eigenvalue weighted by atomic mass is 9.74. The molecule has 0 N–H and O–H groups in total. The normalized spacial score (nSPS) is 14.4. The Morgan fingerprint density at radius 2 is 0.793 bits per heavy atom. The number of anilines is 6. The molecule has 0 fully saturated rings. The number of nitrogens with zero attached hydrogens (tertiary/aromatic N) is 2. The quantitative estimate of drug-likeness (QED) is 0.161. The van der Waals surface area contributed by atoms with E-state index >= 15 is 0 Å². The van der Waals surface area contributed by atoms with Gasteiger partial charge >= 0.3 is 0 Å². The Morgan fingerprint density at radius 3 is 1.41 bits per heavy atom. The van der Waals surface area contributed by atoms with Crippen LogP contribution in [0.4, 0.5) is 34.1 Å². The number of para-hydroxylation sites is 2. The molecule has 1 atom stereocenters. The Hall–Kier alpha value is -7.42. The van der Waals surface area contributed by atoms with Crippen molar-refractivity contribution in [3.05, 3.63) is 241 Å². The molecule has 0 saturated carbocycles. The summed E-state index contributed by atoms with van der Waals surface area (Å²) in [5, 5.41) is 7.26. The summed E-state index contributed by atoms with van der Waals surface area (Å²) in [4.78, 5) is 4.89. The average Bonchev–Trinajstić information content (AvgIpc) is 3.55. The zero-order chi connectivity index (χ0) is 38.6. The smallest absolute Gasteiger partial charge is 0.0621 e. The lowest BCUT2D eigenvalue weighted by Gasteiger charge is -2.32. The van der Waals surface area contributed by atoms with Gasteiger partial charge < -0.3 is 9.80 Å². The molecule has 10 aromatic rings. The molecular weight excluding hydrogens is 701 g/mol. The first kappa shape index (κ1) is 33.9. The molecule has 58 heavy (non-hydrogen) atoms. The Kier molecular flexibility index (Phi) is 7.97. The molecule has 2 heteroatoms. The first-order chi connectivity index (χ1) is 28.6. The van der Waals surface area contributed by atoms with Gasteiger partial charge in [-0.15, -0.1) is 0 Å². The summed E-state index contributed by atoms with van der Waals surface area (Å²) in [5.74, 6) is 0. The molecule has 0 aliphatic heterocycles. The average molecular weight is 741 g/mol. The summed E-state index contributed by atoms with van der Waals surface area (Å²) in [6, 6.07) is 82.2. The Morgan fingerprint density at radius 1 is 0.328 bits per heavy atom. The predicted molar refractivity (Wildman–Crippen MR) is 246 cm³/mol. The molecule has 0 spiro atoms. The summed E-state index contributed by atoms with van der Waals surface area (Å²) in [7, 11) is 0. The van der Waals surface area contributed by atoms with E-state index in [0.29, 0.717) is 0 Å². The fraction of sp³-hybridized carbons (Fsp3) is 0.0357. The summed E-state index contributed by atoms with van der Waals surface area (Å²) in [6.07, 6.45) is 0. The number of hydrogen-bond donors (Lipinski definition) is 0. The highest BCUT2D eigenvalue weighted by Gasteiger charge is 2.43. The lowest BCUT2D eigenvalue weighted by molar-refractivity contribution is 0.715. The fourth-order valence-corrected chi connectivity index (χ4v) is 9.42. The van der Waals surface area contributed by atoms with Crippen molar-refractivity contribution < 1.29 is 0 Å². The van der Waals surface area contributed by atoms with Crippen LogP contribution in [0.3, 0.4) is 0 Å². The van der Waals surface area contributed by atoms with Crippen LogP contribution in [0.5, 0.6) is 0 Å². The van der Waals surface area contributed by atoms with Crippen LogP contribution >= 0.6 is 0 Å². The van der Waals surface area contributed by atoms with Crippen molar-refractivity contribution in [2.24, 2.45) is 0 Å². The number of fused-ring (bicyclic) bond motifs is 6. The van der Waals surface area contributed by atoms with Crippen LogP contribution in [-0.2, 0) is 5.41 Å². The second-order valence-corrected chi connectivity index (χ2v) is 15.5. The van der Waals surface area contributed by atoms with Gasteiger partial charge in [-0.05, 0) is 123 Å². The van der Waals surface area contributed by atoms with Crippen LogP contribution in [0.1, 0.15) is 23.6 Å². The van der Waals surface area contributed by atoms with Gasteiger partial charge in [0.1, 0.15) is 0 Å². The molecule has 1 aliphatic carbocycles. The van der Waals surface area contributed by atoms with Crippen molar-refractivity contribution >= 4 is 66.4 Å². The third-order valence-corrected chi connectivity index (χ3v) is 12.2. The van der Waals surface area contributed by atoms with Crippen molar-refractivity contribution in [3.8, 4) is 11.1 Å². The zero-order valence-electron chi connectivity index (χ0n) is 32.3. The van der Waals surface area contributed by atoms with Gasteiger partial charge in [-0.3, -0.25) is 0 Å². The van der Waals surface area contributed by atoms with Crippen LogP contribution in [0.15, 0.2) is 224 Å². The van der Waals surface area contributed by atoms with Gasteiger partial charge in [-0.25, -0.2) is 0 Å². The van der Waals surface area contributed by atoms with E-state index in [0.717, 1.165) is 28.4 Å². The molecule has 1 aliphatic rings. The second-order valence-electron chi connectivity index (χ2n) is 15.5.